The van der Waals surface area contributed by atoms with Crippen molar-refractivity contribution in [3.8, 4) is 0 Å². The van der Waals surface area contributed by atoms with Crippen LogP contribution in [0.2, 0.25) is 0 Å². The van der Waals surface area contributed by atoms with Gasteiger partial charge in [0, 0.05) is 31.4 Å². The molecule has 4 saturated carbocycles. The molecule has 2 saturated heterocycles. The lowest BCUT2D eigenvalue weighted by Crippen LogP contribution is -3.00. The van der Waals surface area contributed by atoms with E-state index in [9.17, 15) is 4.79 Å². The Morgan fingerprint density at radius 3 is 2.29 bits per heavy atom. The fourth-order valence-electron chi connectivity index (χ4n) is 11.9. The third kappa shape index (κ3) is 5.91. The van der Waals surface area contributed by atoms with Gasteiger partial charge in [0.05, 0.1) is 26.2 Å². The Morgan fingerprint density at radius 1 is 0.929 bits per heavy atom. The summed E-state index contributed by atoms with van der Waals surface area (Å²) in [6, 6.07) is 1.06. The van der Waals surface area contributed by atoms with Gasteiger partial charge in [0.15, 0.2) is 6.10 Å². The van der Waals surface area contributed by atoms with E-state index in [1.165, 1.54) is 110 Å². The quantitative estimate of drug-likeness (QED) is 0.321. The van der Waals surface area contributed by atoms with Crippen molar-refractivity contribution < 1.29 is 35.7 Å². The standard InChI is InChI=1S/C36H63N2O3.BrH/c1-25(2)24-40-33-21-27-13-14-28-29(36(27,5)23-31(33)37-17-9-7-10-18-37)15-16-35(4)30(28)22-32(34(35)41-26(3)39)38(6)19-11-8-12-20-38;/h25,27-34H,7-24H2,1-6H3;1H/q+1;/p-1/t27?,28-,29-,30+,31?,32?,33?,34?,35+,36+;/m1./s1. The molecule has 242 valence electrons. The minimum absolute atomic E-state index is 0. The maximum atomic E-state index is 12.5. The summed E-state index contributed by atoms with van der Waals surface area (Å²) in [5.74, 6) is 3.60. The van der Waals surface area contributed by atoms with Gasteiger partial charge in [-0.2, -0.15) is 0 Å². The number of carbonyl (C=O) groups is 1. The van der Waals surface area contributed by atoms with Crippen molar-refractivity contribution in [2.45, 2.75) is 142 Å². The molecule has 6 rings (SSSR count). The van der Waals surface area contributed by atoms with Gasteiger partial charge in [-0.15, -0.1) is 0 Å². The molecule has 4 aliphatic carbocycles. The predicted octanol–water partition coefficient (Wildman–Crippen LogP) is 4.08. The fourth-order valence-corrected chi connectivity index (χ4v) is 11.9. The molecule has 42 heavy (non-hydrogen) atoms. The van der Waals surface area contributed by atoms with Crippen LogP contribution in [-0.4, -0.2) is 79.5 Å². The minimum Gasteiger partial charge on any atom is -1.00 e. The Balaban J connectivity index is 0.00000353. The van der Waals surface area contributed by atoms with Gasteiger partial charge in [-0.25, -0.2) is 0 Å². The Hall–Kier alpha value is -0.170. The van der Waals surface area contributed by atoms with Gasteiger partial charge in [-0.05, 0) is 119 Å². The Bertz CT molecular complexity index is 933. The largest absolute Gasteiger partial charge is 1.00 e. The number of piperidine rings is 2. The van der Waals surface area contributed by atoms with Gasteiger partial charge in [0.25, 0.3) is 0 Å². The number of fused-ring (bicyclic) bond motifs is 5. The number of rotatable bonds is 6. The molecule has 5 nitrogen and oxygen atoms in total. The van der Waals surface area contributed by atoms with E-state index in [-0.39, 0.29) is 34.5 Å². The van der Waals surface area contributed by atoms with Crippen molar-refractivity contribution >= 4 is 5.97 Å². The zero-order valence-corrected chi connectivity index (χ0v) is 29.5. The van der Waals surface area contributed by atoms with Gasteiger partial charge < -0.3 is 30.9 Å². The van der Waals surface area contributed by atoms with Gasteiger partial charge in [-0.1, -0.05) is 34.1 Å². The minimum atomic E-state index is -0.0626. The molecular formula is C36H63BrN2O3. The second kappa shape index (κ2) is 12.9. The highest BCUT2D eigenvalue weighted by Crippen LogP contribution is 2.67. The first-order valence-corrected chi connectivity index (χ1v) is 17.9. The van der Waals surface area contributed by atoms with Gasteiger partial charge in [-0.3, -0.25) is 9.69 Å². The predicted molar refractivity (Wildman–Crippen MR) is 165 cm³/mol. The first kappa shape index (κ1) is 33.2. The topological polar surface area (TPSA) is 38.8 Å². The number of carbonyl (C=O) groups excluding carboxylic acids is 1. The second-order valence-electron chi connectivity index (χ2n) is 16.9. The number of esters is 1. The smallest absolute Gasteiger partial charge is 0.303 e. The lowest BCUT2D eigenvalue weighted by Gasteiger charge is -2.62. The fraction of sp³-hybridized carbons (Fsp3) is 0.972. The number of quaternary nitrogens is 1. The van der Waals surface area contributed by atoms with E-state index in [2.05, 4.69) is 39.6 Å². The molecule has 0 spiro atoms. The molecule has 2 heterocycles. The van der Waals surface area contributed by atoms with Crippen molar-refractivity contribution in [2.75, 3.05) is 39.8 Å². The highest BCUT2D eigenvalue weighted by molar-refractivity contribution is 5.66. The van der Waals surface area contributed by atoms with Crippen molar-refractivity contribution in [3.63, 3.8) is 0 Å². The maximum absolute atomic E-state index is 12.5. The molecular weight excluding hydrogens is 588 g/mol. The number of nitrogens with zero attached hydrogens (tertiary/aromatic N) is 2. The number of ether oxygens (including phenoxy) is 2. The molecule has 0 aromatic rings. The van der Waals surface area contributed by atoms with Crippen molar-refractivity contribution in [1.82, 2.24) is 4.90 Å². The number of hydrogen-bond donors (Lipinski definition) is 0. The highest BCUT2D eigenvalue weighted by Gasteiger charge is 2.67. The summed E-state index contributed by atoms with van der Waals surface area (Å²) in [5.41, 5.74) is 0.534. The first-order valence-electron chi connectivity index (χ1n) is 17.9. The molecule has 0 N–H and O–H groups in total. The molecule has 6 heteroatoms. The van der Waals surface area contributed by atoms with Gasteiger partial charge in [0.2, 0.25) is 0 Å². The van der Waals surface area contributed by atoms with Crippen LogP contribution < -0.4 is 17.0 Å². The van der Waals surface area contributed by atoms with Gasteiger partial charge in [0.1, 0.15) is 6.04 Å². The van der Waals surface area contributed by atoms with Gasteiger partial charge >= 0.3 is 5.97 Å². The number of likely N-dealkylation sites (N-methyl/N-ethyl adjacent to an activating group) is 1. The molecule has 5 unspecified atom stereocenters. The normalized spacial score (nSPS) is 45.3. The molecule has 0 bridgehead atoms. The molecule has 0 amide bonds. The zero-order chi connectivity index (χ0) is 29.0. The van der Waals surface area contributed by atoms with Crippen molar-refractivity contribution in [2.24, 2.45) is 40.4 Å². The van der Waals surface area contributed by atoms with Crippen LogP contribution in [0.3, 0.4) is 0 Å². The second-order valence-corrected chi connectivity index (χ2v) is 16.9. The maximum Gasteiger partial charge on any atom is 0.303 e. The number of hydrogen-bond acceptors (Lipinski definition) is 4. The monoisotopic (exact) mass is 650 g/mol. The molecule has 6 fully saturated rings. The van der Waals surface area contributed by atoms with Crippen LogP contribution in [-0.2, 0) is 14.3 Å². The summed E-state index contributed by atoms with van der Waals surface area (Å²) in [5, 5.41) is 0. The van der Waals surface area contributed by atoms with Crippen molar-refractivity contribution in [3.05, 3.63) is 0 Å². The van der Waals surface area contributed by atoms with E-state index in [1.807, 2.05) is 0 Å². The zero-order valence-electron chi connectivity index (χ0n) is 27.9. The summed E-state index contributed by atoms with van der Waals surface area (Å²) in [6.45, 7) is 17.5. The molecule has 2 aliphatic heterocycles. The van der Waals surface area contributed by atoms with E-state index in [0.717, 1.165) is 28.8 Å². The Kier molecular flexibility index (Phi) is 10.2. The van der Waals surface area contributed by atoms with Crippen molar-refractivity contribution in [1.29, 1.82) is 0 Å². The molecule has 0 aromatic heterocycles. The molecule has 0 aromatic carbocycles. The average Bonchev–Trinajstić information content (AvgIpc) is 3.24. The summed E-state index contributed by atoms with van der Waals surface area (Å²) >= 11 is 0. The lowest BCUT2D eigenvalue weighted by atomic mass is 9.44. The molecule has 0 radical (unpaired) electrons. The van der Waals surface area contributed by atoms with E-state index in [1.54, 1.807) is 6.92 Å². The average molecular weight is 652 g/mol. The van der Waals surface area contributed by atoms with Crippen LogP contribution in [0.5, 0.6) is 0 Å². The third-order valence-electron chi connectivity index (χ3n) is 14.0. The molecule has 10 atom stereocenters. The van der Waals surface area contributed by atoms with E-state index >= 15 is 0 Å². The number of halogens is 1. The van der Waals surface area contributed by atoms with Crippen LogP contribution in [0.1, 0.15) is 118 Å². The van der Waals surface area contributed by atoms with E-state index in [0.29, 0.717) is 35.4 Å². The van der Waals surface area contributed by atoms with Crippen LogP contribution in [0.4, 0.5) is 0 Å². The summed E-state index contributed by atoms with van der Waals surface area (Å²) in [6.07, 6.45) is 17.8. The van der Waals surface area contributed by atoms with E-state index in [4.69, 9.17) is 9.47 Å². The Labute approximate surface area is 268 Å². The van der Waals surface area contributed by atoms with Crippen LogP contribution in [0.25, 0.3) is 0 Å². The highest BCUT2D eigenvalue weighted by atomic mass is 79.9. The lowest BCUT2D eigenvalue weighted by molar-refractivity contribution is -0.940. The van der Waals surface area contributed by atoms with Crippen LogP contribution >= 0.6 is 0 Å². The SMILES string of the molecule is CC(=O)OC1C([N+]2(C)CCCCC2)C[C@H]2[C@@H]3CCC4CC(OCC(C)C)C(N5CCCCC5)C[C@]4(C)[C@@H]3CC[C@]12C.[Br-]. The van der Waals surface area contributed by atoms with Crippen LogP contribution in [0.15, 0.2) is 0 Å². The molecule has 6 aliphatic rings. The first-order chi connectivity index (χ1) is 19.5. The van der Waals surface area contributed by atoms with E-state index < -0.39 is 0 Å². The Morgan fingerprint density at radius 2 is 1.62 bits per heavy atom. The summed E-state index contributed by atoms with van der Waals surface area (Å²) in [4.78, 5) is 15.4. The summed E-state index contributed by atoms with van der Waals surface area (Å²) < 4.78 is 14.3. The number of likely N-dealkylation sites (tertiary alicyclic amines) is 2. The third-order valence-corrected chi connectivity index (χ3v) is 14.0. The van der Waals surface area contributed by atoms with Crippen LogP contribution in [0, 0.1) is 40.4 Å². The summed E-state index contributed by atoms with van der Waals surface area (Å²) in [7, 11) is 2.50.